The molecule has 2 fully saturated rings. The standard InChI is InChI=1S/C13H23N3O3/c1-13(2)9-15(7-6-14(13)3)12(19)16(8-11(17)18)10-4-5-10/h10H,4-9H2,1-3H3,(H,17,18). The molecule has 1 heterocycles. The Balaban J connectivity index is 2.03. The van der Waals surface area contributed by atoms with Crippen LogP contribution in [0.1, 0.15) is 26.7 Å². The largest absolute Gasteiger partial charge is 0.480 e. The SMILES string of the molecule is CN1CCN(C(=O)N(CC(=O)O)C2CC2)CC1(C)C. The Morgan fingerprint density at radius 1 is 1.32 bits per heavy atom. The molecule has 6 nitrogen and oxygen atoms in total. The van der Waals surface area contributed by atoms with E-state index in [4.69, 9.17) is 5.11 Å². The molecule has 1 aliphatic heterocycles. The molecule has 1 aliphatic carbocycles. The highest BCUT2D eigenvalue weighted by molar-refractivity contribution is 5.81. The average molecular weight is 269 g/mol. The zero-order valence-corrected chi connectivity index (χ0v) is 11.9. The van der Waals surface area contributed by atoms with Gasteiger partial charge in [-0.05, 0) is 33.7 Å². The van der Waals surface area contributed by atoms with Crippen molar-refractivity contribution in [2.75, 3.05) is 33.2 Å². The summed E-state index contributed by atoms with van der Waals surface area (Å²) in [4.78, 5) is 28.9. The number of carbonyl (C=O) groups excluding carboxylic acids is 1. The zero-order valence-electron chi connectivity index (χ0n) is 11.9. The second-order valence-electron chi connectivity index (χ2n) is 6.19. The van der Waals surface area contributed by atoms with E-state index in [0.717, 1.165) is 19.4 Å². The van der Waals surface area contributed by atoms with Crippen LogP contribution in [0.3, 0.4) is 0 Å². The Hall–Kier alpha value is -1.30. The number of urea groups is 1. The number of carbonyl (C=O) groups is 2. The van der Waals surface area contributed by atoms with Crippen LogP contribution in [0.4, 0.5) is 4.79 Å². The number of aliphatic carboxylic acids is 1. The summed E-state index contributed by atoms with van der Waals surface area (Å²) in [7, 11) is 2.05. The summed E-state index contributed by atoms with van der Waals surface area (Å²) < 4.78 is 0. The van der Waals surface area contributed by atoms with Gasteiger partial charge in [0.2, 0.25) is 0 Å². The fraction of sp³-hybridized carbons (Fsp3) is 0.846. The van der Waals surface area contributed by atoms with Gasteiger partial charge in [-0.1, -0.05) is 0 Å². The highest BCUT2D eigenvalue weighted by Crippen LogP contribution is 2.29. The maximum atomic E-state index is 12.5. The molecule has 2 amide bonds. The molecule has 1 N–H and O–H groups in total. The van der Waals surface area contributed by atoms with E-state index >= 15 is 0 Å². The maximum Gasteiger partial charge on any atom is 0.323 e. The van der Waals surface area contributed by atoms with Crippen LogP contribution in [0.2, 0.25) is 0 Å². The first-order valence-corrected chi connectivity index (χ1v) is 6.80. The number of nitrogens with zero attached hydrogens (tertiary/aromatic N) is 3. The molecule has 108 valence electrons. The Morgan fingerprint density at radius 2 is 1.95 bits per heavy atom. The van der Waals surface area contributed by atoms with Gasteiger partial charge in [0.05, 0.1) is 0 Å². The number of piperazine rings is 1. The van der Waals surface area contributed by atoms with E-state index in [9.17, 15) is 9.59 Å². The van der Waals surface area contributed by atoms with Crippen molar-refractivity contribution in [3.8, 4) is 0 Å². The first-order valence-electron chi connectivity index (χ1n) is 6.80. The van der Waals surface area contributed by atoms with Gasteiger partial charge in [0.1, 0.15) is 6.54 Å². The van der Waals surface area contributed by atoms with Gasteiger partial charge in [-0.2, -0.15) is 0 Å². The van der Waals surface area contributed by atoms with Crippen molar-refractivity contribution in [2.24, 2.45) is 0 Å². The Morgan fingerprint density at radius 3 is 2.42 bits per heavy atom. The number of hydrogen-bond donors (Lipinski definition) is 1. The summed E-state index contributed by atoms with van der Waals surface area (Å²) in [5, 5.41) is 8.93. The normalized spacial score (nSPS) is 23.2. The van der Waals surface area contributed by atoms with Crippen molar-refractivity contribution in [1.29, 1.82) is 0 Å². The molecule has 1 saturated heterocycles. The molecular formula is C13H23N3O3. The highest BCUT2D eigenvalue weighted by Gasteiger charge is 2.39. The molecule has 0 aromatic carbocycles. The number of carboxylic acids is 1. The van der Waals surface area contributed by atoms with Crippen LogP contribution in [0.15, 0.2) is 0 Å². The monoisotopic (exact) mass is 269 g/mol. The van der Waals surface area contributed by atoms with Crippen LogP contribution in [0.5, 0.6) is 0 Å². The van der Waals surface area contributed by atoms with Gasteiger partial charge in [-0.3, -0.25) is 9.69 Å². The topological polar surface area (TPSA) is 64.1 Å². The van der Waals surface area contributed by atoms with Crippen molar-refractivity contribution >= 4 is 12.0 Å². The summed E-state index contributed by atoms with van der Waals surface area (Å²) in [5.41, 5.74) is -0.0631. The average Bonchev–Trinajstić information content (AvgIpc) is 3.12. The minimum absolute atomic E-state index is 0.0631. The second-order valence-corrected chi connectivity index (χ2v) is 6.19. The number of amides is 2. The van der Waals surface area contributed by atoms with Crippen molar-refractivity contribution in [1.82, 2.24) is 14.7 Å². The highest BCUT2D eigenvalue weighted by atomic mass is 16.4. The second kappa shape index (κ2) is 5.00. The van der Waals surface area contributed by atoms with Crippen molar-refractivity contribution in [2.45, 2.75) is 38.3 Å². The summed E-state index contributed by atoms with van der Waals surface area (Å²) in [5.74, 6) is -0.936. The van der Waals surface area contributed by atoms with E-state index in [2.05, 4.69) is 25.8 Å². The van der Waals surface area contributed by atoms with E-state index in [1.54, 1.807) is 4.90 Å². The fourth-order valence-corrected chi connectivity index (χ4v) is 2.47. The third-order valence-corrected chi connectivity index (χ3v) is 4.13. The van der Waals surface area contributed by atoms with Gasteiger partial charge >= 0.3 is 12.0 Å². The summed E-state index contributed by atoms with van der Waals surface area (Å²) >= 11 is 0. The van der Waals surface area contributed by atoms with Gasteiger partial charge in [0.15, 0.2) is 0 Å². The molecule has 0 aromatic rings. The van der Waals surface area contributed by atoms with Crippen LogP contribution < -0.4 is 0 Å². The number of rotatable bonds is 3. The van der Waals surface area contributed by atoms with Gasteiger partial charge < -0.3 is 14.9 Å². The first-order chi connectivity index (χ1) is 8.81. The minimum atomic E-state index is -0.936. The molecule has 1 saturated carbocycles. The van der Waals surface area contributed by atoms with Crippen molar-refractivity contribution in [3.05, 3.63) is 0 Å². The molecule has 0 atom stereocenters. The summed E-state index contributed by atoms with van der Waals surface area (Å²) in [6.07, 6.45) is 1.85. The molecule has 0 radical (unpaired) electrons. The lowest BCUT2D eigenvalue weighted by Crippen LogP contribution is -2.61. The zero-order chi connectivity index (χ0) is 14.2. The van der Waals surface area contributed by atoms with E-state index in [0.29, 0.717) is 13.1 Å². The van der Waals surface area contributed by atoms with Crippen LogP contribution >= 0.6 is 0 Å². The van der Waals surface area contributed by atoms with Crippen LogP contribution in [0.25, 0.3) is 0 Å². The first kappa shape index (κ1) is 14.1. The lowest BCUT2D eigenvalue weighted by atomic mass is 10.00. The van der Waals surface area contributed by atoms with Gasteiger partial charge in [-0.25, -0.2) is 4.79 Å². The van der Waals surface area contributed by atoms with Crippen molar-refractivity contribution in [3.63, 3.8) is 0 Å². The van der Waals surface area contributed by atoms with Crippen LogP contribution in [0, 0.1) is 0 Å². The Bertz CT molecular complexity index is 379. The molecule has 0 spiro atoms. The van der Waals surface area contributed by atoms with Gasteiger partial charge in [-0.15, -0.1) is 0 Å². The molecule has 19 heavy (non-hydrogen) atoms. The molecule has 0 bridgehead atoms. The van der Waals surface area contributed by atoms with Crippen LogP contribution in [-0.2, 0) is 4.79 Å². The third-order valence-electron chi connectivity index (χ3n) is 4.13. The lowest BCUT2D eigenvalue weighted by molar-refractivity contribution is -0.138. The van der Waals surface area contributed by atoms with Crippen molar-refractivity contribution < 1.29 is 14.7 Å². The fourth-order valence-electron chi connectivity index (χ4n) is 2.47. The van der Waals surface area contributed by atoms with Gasteiger partial charge in [0.25, 0.3) is 0 Å². The third kappa shape index (κ3) is 3.18. The molecule has 2 rings (SSSR count). The Kier molecular flexibility index (Phi) is 3.71. The molecule has 0 unspecified atom stereocenters. The lowest BCUT2D eigenvalue weighted by Gasteiger charge is -2.46. The minimum Gasteiger partial charge on any atom is -0.480 e. The van der Waals surface area contributed by atoms with Crippen LogP contribution in [-0.4, -0.2) is 76.6 Å². The number of hydrogen-bond acceptors (Lipinski definition) is 3. The Labute approximate surface area is 114 Å². The van der Waals surface area contributed by atoms with E-state index in [1.165, 1.54) is 4.90 Å². The van der Waals surface area contributed by atoms with E-state index in [-0.39, 0.29) is 24.2 Å². The summed E-state index contributed by atoms with van der Waals surface area (Å²) in [6, 6.07) is 0.0115. The van der Waals surface area contributed by atoms with Gasteiger partial charge in [0, 0.05) is 31.2 Å². The predicted molar refractivity (Wildman–Crippen MR) is 71.0 cm³/mol. The molecular weight excluding hydrogens is 246 g/mol. The molecule has 0 aromatic heterocycles. The van der Waals surface area contributed by atoms with E-state index < -0.39 is 5.97 Å². The smallest absolute Gasteiger partial charge is 0.323 e. The number of likely N-dealkylation sites (N-methyl/N-ethyl adjacent to an activating group) is 1. The van der Waals surface area contributed by atoms with E-state index in [1.807, 2.05) is 0 Å². The molecule has 6 heteroatoms. The maximum absolute atomic E-state index is 12.5. The predicted octanol–water partition coefficient (Wildman–Crippen LogP) is 0.681. The number of carboxylic acid groups (broad SMARTS) is 1. The quantitative estimate of drug-likeness (QED) is 0.818. The summed E-state index contributed by atoms with van der Waals surface area (Å²) in [6.45, 7) is 6.16. The molecule has 2 aliphatic rings.